The van der Waals surface area contributed by atoms with Crippen LogP contribution in [0.5, 0.6) is 0 Å². The highest BCUT2D eigenvalue weighted by Gasteiger charge is 2.19. The minimum Gasteiger partial charge on any atom is -0.381 e. The van der Waals surface area contributed by atoms with Gasteiger partial charge in [-0.25, -0.2) is 0 Å². The number of nitrogens with one attached hydrogen (secondary N) is 1. The molecule has 0 saturated carbocycles. The maximum Gasteiger partial charge on any atom is 0.0506 e. The lowest BCUT2D eigenvalue weighted by molar-refractivity contribution is 0.0536. The zero-order valence-electron chi connectivity index (χ0n) is 11.4. The Bertz CT molecular complexity index is 186. The lowest BCUT2D eigenvalue weighted by Crippen LogP contribution is -2.40. The minimum absolute atomic E-state index is 0.346. The Balaban J connectivity index is 2.13. The lowest BCUT2D eigenvalue weighted by atomic mass is 9.92. The Labute approximate surface area is 101 Å². The molecule has 1 aliphatic rings. The second kappa shape index (κ2) is 6.58. The van der Waals surface area contributed by atoms with Crippen molar-refractivity contribution in [2.45, 2.75) is 26.7 Å². The van der Waals surface area contributed by atoms with E-state index in [-0.39, 0.29) is 0 Å². The molecule has 16 heavy (non-hydrogen) atoms. The molecule has 1 N–H and O–H groups in total. The maximum atomic E-state index is 5.48. The van der Waals surface area contributed by atoms with Gasteiger partial charge < -0.3 is 15.0 Å². The number of rotatable bonds is 6. The Hall–Kier alpha value is -0.120. The zero-order valence-corrected chi connectivity index (χ0v) is 11.4. The van der Waals surface area contributed by atoms with Crippen LogP contribution in [0.1, 0.15) is 26.7 Å². The Morgan fingerprint density at radius 2 is 2.12 bits per heavy atom. The van der Waals surface area contributed by atoms with Crippen LogP contribution in [0.3, 0.4) is 0 Å². The third-order valence-electron chi connectivity index (χ3n) is 3.04. The van der Waals surface area contributed by atoms with Crippen molar-refractivity contribution in [3.8, 4) is 0 Å². The van der Waals surface area contributed by atoms with E-state index in [4.69, 9.17) is 4.74 Å². The maximum absolute atomic E-state index is 5.48. The first-order valence-electron chi connectivity index (χ1n) is 6.43. The van der Waals surface area contributed by atoms with Gasteiger partial charge in [0.25, 0.3) is 0 Å². The molecule has 0 bridgehead atoms. The molecule has 1 fully saturated rings. The van der Waals surface area contributed by atoms with Gasteiger partial charge in [0.15, 0.2) is 0 Å². The first-order chi connectivity index (χ1) is 7.49. The number of hydrogen-bond donors (Lipinski definition) is 1. The predicted octanol–water partition coefficient (Wildman–Crippen LogP) is 1.59. The molecule has 0 aliphatic carbocycles. The molecule has 0 spiro atoms. The van der Waals surface area contributed by atoms with Crippen molar-refractivity contribution >= 4 is 0 Å². The van der Waals surface area contributed by atoms with Gasteiger partial charge in [0, 0.05) is 26.2 Å². The van der Waals surface area contributed by atoms with Crippen LogP contribution in [0.15, 0.2) is 0 Å². The van der Waals surface area contributed by atoms with E-state index in [0.717, 1.165) is 38.8 Å². The average molecular weight is 228 g/mol. The Morgan fingerprint density at radius 3 is 2.69 bits per heavy atom. The minimum atomic E-state index is 0.346. The predicted molar refractivity (Wildman–Crippen MR) is 68.7 cm³/mol. The molecule has 1 saturated heterocycles. The SMILES string of the molecule is CN(C)CC(C)(C)CNCC1CCCOC1. The molecule has 3 heteroatoms. The van der Waals surface area contributed by atoms with Crippen molar-refractivity contribution in [3.63, 3.8) is 0 Å². The number of hydrogen-bond acceptors (Lipinski definition) is 3. The van der Waals surface area contributed by atoms with Gasteiger partial charge in [-0.1, -0.05) is 13.8 Å². The van der Waals surface area contributed by atoms with Crippen LogP contribution in [-0.4, -0.2) is 51.8 Å². The van der Waals surface area contributed by atoms with Crippen molar-refractivity contribution in [1.82, 2.24) is 10.2 Å². The summed E-state index contributed by atoms with van der Waals surface area (Å²) in [7, 11) is 4.27. The van der Waals surface area contributed by atoms with E-state index in [2.05, 4.69) is 38.2 Å². The second-order valence-electron chi connectivity index (χ2n) is 6.12. The summed E-state index contributed by atoms with van der Waals surface area (Å²) in [5, 5.41) is 3.59. The molecule has 0 aromatic carbocycles. The molecule has 1 rings (SSSR count). The van der Waals surface area contributed by atoms with E-state index in [1.165, 1.54) is 12.8 Å². The van der Waals surface area contributed by atoms with Crippen LogP contribution in [0, 0.1) is 11.3 Å². The smallest absolute Gasteiger partial charge is 0.0506 e. The summed E-state index contributed by atoms with van der Waals surface area (Å²) in [6.07, 6.45) is 2.55. The summed E-state index contributed by atoms with van der Waals surface area (Å²) in [5.41, 5.74) is 0.346. The van der Waals surface area contributed by atoms with Crippen molar-refractivity contribution in [2.24, 2.45) is 11.3 Å². The standard InChI is InChI=1S/C13H28N2O/c1-13(2,11-15(3)4)10-14-8-12-6-5-7-16-9-12/h12,14H,5-11H2,1-4H3. The molecule has 1 heterocycles. The average Bonchev–Trinajstić information content (AvgIpc) is 2.16. The summed E-state index contributed by atoms with van der Waals surface area (Å²) >= 11 is 0. The molecule has 3 nitrogen and oxygen atoms in total. The zero-order chi connectivity index (χ0) is 12.0. The third kappa shape index (κ3) is 5.83. The molecule has 1 aliphatic heterocycles. The number of nitrogens with zero attached hydrogens (tertiary/aromatic N) is 1. The van der Waals surface area contributed by atoms with Gasteiger partial charge in [-0.3, -0.25) is 0 Å². The van der Waals surface area contributed by atoms with Crippen molar-refractivity contribution in [3.05, 3.63) is 0 Å². The van der Waals surface area contributed by atoms with Gasteiger partial charge in [-0.05, 0) is 38.3 Å². The summed E-state index contributed by atoms with van der Waals surface area (Å²) < 4.78 is 5.48. The van der Waals surface area contributed by atoms with E-state index < -0.39 is 0 Å². The normalized spacial score (nSPS) is 22.7. The second-order valence-corrected chi connectivity index (χ2v) is 6.12. The fourth-order valence-electron chi connectivity index (χ4n) is 2.50. The monoisotopic (exact) mass is 228 g/mol. The van der Waals surface area contributed by atoms with Gasteiger partial charge in [-0.2, -0.15) is 0 Å². The molecular formula is C13H28N2O. The van der Waals surface area contributed by atoms with E-state index in [0.29, 0.717) is 5.41 Å². The quantitative estimate of drug-likeness (QED) is 0.747. The third-order valence-corrected chi connectivity index (χ3v) is 3.04. The topological polar surface area (TPSA) is 24.5 Å². The van der Waals surface area contributed by atoms with Crippen LogP contribution in [0.4, 0.5) is 0 Å². The lowest BCUT2D eigenvalue weighted by Gasteiger charge is -2.30. The molecular weight excluding hydrogens is 200 g/mol. The number of ether oxygens (including phenoxy) is 1. The van der Waals surface area contributed by atoms with Gasteiger partial charge in [0.1, 0.15) is 0 Å². The fourth-order valence-corrected chi connectivity index (χ4v) is 2.50. The van der Waals surface area contributed by atoms with Crippen LogP contribution in [0.2, 0.25) is 0 Å². The molecule has 0 aromatic heterocycles. The largest absolute Gasteiger partial charge is 0.381 e. The van der Waals surface area contributed by atoms with E-state index in [9.17, 15) is 0 Å². The first kappa shape index (κ1) is 13.9. The molecule has 0 radical (unpaired) electrons. The van der Waals surface area contributed by atoms with E-state index in [1.807, 2.05) is 0 Å². The molecule has 0 aromatic rings. The van der Waals surface area contributed by atoms with Crippen LogP contribution in [0.25, 0.3) is 0 Å². The Kier molecular flexibility index (Phi) is 5.73. The Morgan fingerprint density at radius 1 is 1.38 bits per heavy atom. The highest BCUT2D eigenvalue weighted by Crippen LogP contribution is 2.16. The van der Waals surface area contributed by atoms with Crippen molar-refractivity contribution in [1.29, 1.82) is 0 Å². The molecule has 1 unspecified atom stereocenters. The van der Waals surface area contributed by atoms with Crippen molar-refractivity contribution < 1.29 is 4.74 Å². The van der Waals surface area contributed by atoms with Crippen molar-refractivity contribution in [2.75, 3.05) is 46.9 Å². The van der Waals surface area contributed by atoms with Crippen LogP contribution < -0.4 is 5.32 Å². The summed E-state index contributed by atoms with van der Waals surface area (Å²) in [5.74, 6) is 0.726. The summed E-state index contributed by atoms with van der Waals surface area (Å²) in [6.45, 7) is 9.86. The van der Waals surface area contributed by atoms with E-state index in [1.54, 1.807) is 0 Å². The summed E-state index contributed by atoms with van der Waals surface area (Å²) in [4.78, 5) is 2.26. The van der Waals surface area contributed by atoms with Gasteiger partial charge >= 0.3 is 0 Å². The molecule has 96 valence electrons. The van der Waals surface area contributed by atoms with Gasteiger partial charge in [0.2, 0.25) is 0 Å². The van der Waals surface area contributed by atoms with Gasteiger partial charge in [-0.15, -0.1) is 0 Å². The van der Waals surface area contributed by atoms with Gasteiger partial charge in [0.05, 0.1) is 6.61 Å². The van der Waals surface area contributed by atoms with Crippen LogP contribution >= 0.6 is 0 Å². The highest BCUT2D eigenvalue weighted by atomic mass is 16.5. The molecule has 0 amide bonds. The fraction of sp³-hybridized carbons (Fsp3) is 1.00. The van der Waals surface area contributed by atoms with Crippen LogP contribution in [-0.2, 0) is 4.74 Å². The highest BCUT2D eigenvalue weighted by molar-refractivity contribution is 4.75. The first-order valence-corrected chi connectivity index (χ1v) is 6.43. The van der Waals surface area contributed by atoms with E-state index >= 15 is 0 Å². The summed E-state index contributed by atoms with van der Waals surface area (Å²) in [6, 6.07) is 0. The molecule has 1 atom stereocenters.